The van der Waals surface area contributed by atoms with Crippen LogP contribution in [0.3, 0.4) is 0 Å². The molecule has 0 saturated carbocycles. The normalized spacial score (nSPS) is 9.17. The van der Waals surface area contributed by atoms with Crippen molar-refractivity contribution in [1.29, 1.82) is 0 Å². The molecule has 0 aliphatic carbocycles. The summed E-state index contributed by atoms with van der Waals surface area (Å²) in [7, 11) is 0. The molecule has 68 valence electrons. The zero-order valence-electron chi connectivity index (χ0n) is 5.85. The third-order valence-electron chi connectivity index (χ3n) is 0.827. The minimum Gasteiger partial charge on any atom is -0.174 e. The van der Waals surface area contributed by atoms with Crippen LogP contribution in [0.15, 0.2) is 29.2 Å². The summed E-state index contributed by atoms with van der Waals surface area (Å²) in [5.41, 5.74) is 0. The minimum atomic E-state index is -3.67. The number of thiol groups is 1. The fraction of sp³-hybridized carbons (Fsp3) is 0.143. The molecule has 1 rings (SSSR count). The zero-order chi connectivity index (χ0) is 9.56. The van der Waals surface area contributed by atoms with Crippen LogP contribution in [0.4, 0.5) is 13.2 Å². The summed E-state index contributed by atoms with van der Waals surface area (Å²) >= 11 is 9.65. The van der Waals surface area contributed by atoms with Gasteiger partial charge in [-0.2, -0.15) is 13.2 Å². The van der Waals surface area contributed by atoms with Crippen molar-refractivity contribution < 1.29 is 13.2 Å². The lowest BCUT2D eigenvalue weighted by Gasteiger charge is -1.87. The predicted octanol–water partition coefficient (Wildman–Crippen LogP) is 3.81. The van der Waals surface area contributed by atoms with Gasteiger partial charge in [0.2, 0.25) is 0 Å². The Morgan fingerprint density at radius 1 is 1.08 bits per heavy atom. The molecule has 0 spiro atoms. The molecule has 0 aromatic heterocycles. The summed E-state index contributed by atoms with van der Waals surface area (Å²) in [6, 6.07) is 7.32. The Hall–Kier alpha value is -0.350. The van der Waals surface area contributed by atoms with Crippen LogP contribution in [0, 0.1) is 0 Å². The van der Waals surface area contributed by atoms with E-state index in [1.165, 1.54) is 0 Å². The molecule has 0 aliphatic heterocycles. The highest BCUT2D eigenvalue weighted by atomic mass is 35.5. The fourth-order valence-electron chi connectivity index (χ4n) is 0.441. The van der Waals surface area contributed by atoms with Crippen LogP contribution in [0.2, 0.25) is 5.02 Å². The van der Waals surface area contributed by atoms with Crippen molar-refractivity contribution in [2.75, 3.05) is 0 Å². The molecule has 0 radical (unpaired) electrons. The van der Waals surface area contributed by atoms with Crippen LogP contribution in [0.5, 0.6) is 0 Å². The minimum absolute atomic E-state index is 0.753. The monoisotopic (exact) mass is 214 g/mol. The lowest BCUT2D eigenvalue weighted by Crippen LogP contribution is -1.65. The van der Waals surface area contributed by atoms with Crippen molar-refractivity contribution in [2.45, 2.75) is 11.6 Å². The summed E-state index contributed by atoms with van der Waals surface area (Å²) in [5, 5.41) is 0.753. The SMILES string of the molecule is FC(F)F.Sc1ccc(Cl)cc1. The summed E-state index contributed by atoms with van der Waals surface area (Å²) in [5.74, 6) is 0. The molecular weight excluding hydrogens is 209 g/mol. The maximum absolute atomic E-state index is 9.67. The van der Waals surface area contributed by atoms with Gasteiger partial charge in [-0.3, -0.25) is 0 Å². The highest BCUT2D eigenvalue weighted by Gasteiger charge is 1.86. The molecule has 0 amide bonds. The molecule has 5 heteroatoms. The molecule has 0 N–H and O–H groups in total. The maximum Gasteiger partial charge on any atom is 0.379 e. The second-order valence-corrected chi connectivity index (χ2v) is 2.68. The Balaban J connectivity index is 0.000000261. The number of hydrogen-bond donors (Lipinski definition) is 1. The number of halogens is 4. The average Bonchev–Trinajstić information content (AvgIpc) is 1.94. The van der Waals surface area contributed by atoms with Crippen LogP contribution >= 0.6 is 24.2 Å². The second-order valence-electron chi connectivity index (χ2n) is 1.72. The standard InChI is InChI=1S/C6H5ClS.CHF3/c7-5-1-3-6(8)4-2-5;2-1(3)4/h1-4,8H;1H. The average molecular weight is 215 g/mol. The quantitative estimate of drug-likeness (QED) is 0.624. The van der Waals surface area contributed by atoms with Crippen LogP contribution in [0.1, 0.15) is 0 Å². The lowest BCUT2D eigenvalue weighted by atomic mass is 10.4. The number of rotatable bonds is 0. The van der Waals surface area contributed by atoms with Crippen LogP contribution in [-0.2, 0) is 0 Å². The van der Waals surface area contributed by atoms with Gasteiger partial charge in [0.05, 0.1) is 0 Å². The first-order valence-electron chi connectivity index (χ1n) is 2.89. The summed E-state index contributed by atoms with van der Waals surface area (Å²) in [4.78, 5) is 0.939. The third-order valence-corrected chi connectivity index (χ3v) is 1.38. The zero-order valence-corrected chi connectivity index (χ0v) is 7.50. The van der Waals surface area contributed by atoms with E-state index < -0.39 is 6.68 Å². The van der Waals surface area contributed by atoms with E-state index in [2.05, 4.69) is 12.6 Å². The Bertz CT molecular complexity index is 189. The number of hydrogen-bond acceptors (Lipinski definition) is 1. The van der Waals surface area contributed by atoms with Gasteiger partial charge < -0.3 is 0 Å². The lowest BCUT2D eigenvalue weighted by molar-refractivity contribution is 0.00819. The van der Waals surface area contributed by atoms with Gasteiger partial charge in [0.15, 0.2) is 0 Å². The van der Waals surface area contributed by atoms with E-state index in [-0.39, 0.29) is 0 Å². The van der Waals surface area contributed by atoms with E-state index >= 15 is 0 Å². The first kappa shape index (κ1) is 11.6. The van der Waals surface area contributed by atoms with Crippen LogP contribution in [-0.4, -0.2) is 6.68 Å². The van der Waals surface area contributed by atoms with Crippen molar-refractivity contribution >= 4 is 24.2 Å². The molecule has 1 aromatic carbocycles. The van der Waals surface area contributed by atoms with Gasteiger partial charge in [-0.1, -0.05) is 11.6 Å². The summed E-state index contributed by atoms with van der Waals surface area (Å²) in [6.45, 7) is -3.67. The molecule has 0 atom stereocenters. The van der Waals surface area contributed by atoms with E-state index in [4.69, 9.17) is 11.6 Å². The molecule has 12 heavy (non-hydrogen) atoms. The molecular formula is C7H6ClF3S. The van der Waals surface area contributed by atoms with Crippen molar-refractivity contribution in [2.24, 2.45) is 0 Å². The molecule has 0 fully saturated rings. The van der Waals surface area contributed by atoms with Gasteiger partial charge in [0.1, 0.15) is 0 Å². The van der Waals surface area contributed by atoms with Gasteiger partial charge >= 0.3 is 6.68 Å². The van der Waals surface area contributed by atoms with E-state index in [1.54, 1.807) is 0 Å². The Kier molecular flexibility index (Phi) is 6.02. The van der Waals surface area contributed by atoms with Gasteiger partial charge in [0, 0.05) is 9.92 Å². The Labute approximate surface area is 78.8 Å². The first-order chi connectivity index (χ1) is 5.52. The number of benzene rings is 1. The molecule has 0 nitrogen and oxygen atoms in total. The third kappa shape index (κ3) is 7.75. The van der Waals surface area contributed by atoms with Crippen molar-refractivity contribution in [1.82, 2.24) is 0 Å². The van der Waals surface area contributed by atoms with E-state index in [1.807, 2.05) is 24.3 Å². The van der Waals surface area contributed by atoms with E-state index in [0.29, 0.717) is 0 Å². The van der Waals surface area contributed by atoms with Crippen LogP contribution in [0.25, 0.3) is 0 Å². The smallest absolute Gasteiger partial charge is 0.174 e. The van der Waals surface area contributed by atoms with Crippen molar-refractivity contribution in [3.05, 3.63) is 29.3 Å². The Morgan fingerprint density at radius 3 is 1.67 bits per heavy atom. The molecule has 1 aromatic rings. The fourth-order valence-corrected chi connectivity index (χ4v) is 0.716. The van der Waals surface area contributed by atoms with Gasteiger partial charge in [-0.25, -0.2) is 0 Å². The summed E-state index contributed by atoms with van der Waals surface area (Å²) in [6.07, 6.45) is 0. The number of alkyl halides is 3. The molecule has 0 bridgehead atoms. The summed E-state index contributed by atoms with van der Waals surface area (Å²) < 4.78 is 29.0. The predicted molar refractivity (Wildman–Crippen MR) is 45.8 cm³/mol. The molecule has 0 unspecified atom stereocenters. The van der Waals surface area contributed by atoms with Crippen LogP contribution < -0.4 is 0 Å². The highest BCUT2D eigenvalue weighted by molar-refractivity contribution is 7.80. The molecule has 0 heterocycles. The van der Waals surface area contributed by atoms with Crippen molar-refractivity contribution in [3.8, 4) is 0 Å². The topological polar surface area (TPSA) is 0 Å². The van der Waals surface area contributed by atoms with Crippen molar-refractivity contribution in [3.63, 3.8) is 0 Å². The second kappa shape index (κ2) is 6.20. The van der Waals surface area contributed by atoms with E-state index in [0.717, 1.165) is 9.92 Å². The first-order valence-corrected chi connectivity index (χ1v) is 3.71. The van der Waals surface area contributed by atoms with Gasteiger partial charge in [-0.15, -0.1) is 12.6 Å². The largest absolute Gasteiger partial charge is 0.379 e. The van der Waals surface area contributed by atoms with E-state index in [9.17, 15) is 13.2 Å². The highest BCUT2D eigenvalue weighted by Crippen LogP contribution is 2.11. The maximum atomic E-state index is 9.67. The molecule has 0 aliphatic rings. The Morgan fingerprint density at radius 2 is 1.42 bits per heavy atom. The molecule has 0 saturated heterocycles. The van der Waals surface area contributed by atoms with Gasteiger partial charge in [0.25, 0.3) is 0 Å². The van der Waals surface area contributed by atoms with Gasteiger partial charge in [-0.05, 0) is 24.3 Å².